The van der Waals surface area contributed by atoms with Gasteiger partial charge in [-0.3, -0.25) is 0 Å². The Bertz CT molecular complexity index is 319. The van der Waals surface area contributed by atoms with Crippen molar-refractivity contribution in [1.82, 2.24) is 0 Å². The van der Waals surface area contributed by atoms with Gasteiger partial charge in [-0.1, -0.05) is 18.2 Å². The van der Waals surface area contributed by atoms with Gasteiger partial charge in [-0.15, -0.1) is 0 Å². The highest BCUT2D eigenvalue weighted by Gasteiger charge is 2.27. The summed E-state index contributed by atoms with van der Waals surface area (Å²) in [5.41, 5.74) is 5.90. The van der Waals surface area contributed by atoms with Crippen LogP contribution in [0.4, 0.5) is 4.39 Å². The van der Waals surface area contributed by atoms with E-state index in [1.54, 1.807) is 18.2 Å². The summed E-state index contributed by atoms with van der Waals surface area (Å²) in [5, 5.41) is 0. The molecule has 0 bridgehead atoms. The predicted molar refractivity (Wildman–Crippen MR) is 49.0 cm³/mol. The van der Waals surface area contributed by atoms with Crippen LogP contribution in [0.25, 0.3) is 0 Å². The van der Waals surface area contributed by atoms with E-state index in [2.05, 4.69) is 0 Å². The molecule has 0 saturated carbocycles. The molecule has 2 rings (SSSR count). The fraction of sp³-hybridized carbons (Fsp3) is 0.400. The average Bonchev–Trinajstić information content (AvgIpc) is 2.67. The van der Waals surface area contributed by atoms with Crippen LogP contribution in [-0.2, 0) is 9.47 Å². The van der Waals surface area contributed by atoms with Gasteiger partial charge in [0.25, 0.3) is 0 Å². The zero-order valence-corrected chi connectivity index (χ0v) is 7.65. The van der Waals surface area contributed by atoms with Crippen molar-refractivity contribution in [3.8, 4) is 0 Å². The van der Waals surface area contributed by atoms with Crippen molar-refractivity contribution in [2.75, 3.05) is 13.2 Å². The summed E-state index contributed by atoms with van der Waals surface area (Å²) in [6.07, 6.45) is -0.732. The molecule has 1 aliphatic heterocycles. The van der Waals surface area contributed by atoms with Gasteiger partial charge in [-0.05, 0) is 6.07 Å². The van der Waals surface area contributed by atoms with Gasteiger partial charge >= 0.3 is 0 Å². The Kier molecular flexibility index (Phi) is 2.77. The van der Waals surface area contributed by atoms with Gasteiger partial charge < -0.3 is 15.2 Å². The molecule has 1 aromatic carbocycles. The quantitative estimate of drug-likeness (QED) is 0.774. The fourth-order valence-electron chi connectivity index (χ4n) is 1.48. The molecule has 0 spiro atoms. The number of nitrogens with two attached hydrogens (primary N) is 1. The number of benzene rings is 1. The number of hydrogen-bond donors (Lipinski definition) is 1. The molecule has 1 heterocycles. The Morgan fingerprint density at radius 1 is 1.43 bits per heavy atom. The molecule has 3 nitrogen and oxygen atoms in total. The van der Waals surface area contributed by atoms with E-state index in [0.29, 0.717) is 18.7 Å². The van der Waals surface area contributed by atoms with Crippen molar-refractivity contribution in [3.63, 3.8) is 0 Å². The summed E-state index contributed by atoms with van der Waals surface area (Å²) in [7, 11) is 0. The van der Waals surface area contributed by atoms with Gasteiger partial charge in [0.05, 0.1) is 6.61 Å². The van der Waals surface area contributed by atoms with Gasteiger partial charge in [-0.2, -0.15) is 0 Å². The molecule has 76 valence electrons. The Morgan fingerprint density at radius 2 is 2.21 bits per heavy atom. The molecule has 0 aromatic heterocycles. The molecule has 4 heteroatoms. The Labute approximate surface area is 81.6 Å². The van der Waals surface area contributed by atoms with Gasteiger partial charge in [-0.25, -0.2) is 4.39 Å². The zero-order chi connectivity index (χ0) is 9.97. The molecule has 1 aromatic rings. The first-order chi connectivity index (χ1) is 6.81. The second-order valence-electron chi connectivity index (χ2n) is 3.14. The lowest BCUT2D eigenvalue weighted by atomic mass is 10.1. The van der Waals surface area contributed by atoms with Crippen LogP contribution in [0.3, 0.4) is 0 Å². The molecule has 1 saturated heterocycles. The molecular weight excluding hydrogens is 185 g/mol. The highest BCUT2D eigenvalue weighted by Crippen LogP contribution is 2.27. The van der Waals surface area contributed by atoms with Crippen molar-refractivity contribution >= 4 is 0 Å². The largest absolute Gasteiger partial charge is 0.348 e. The van der Waals surface area contributed by atoms with E-state index in [9.17, 15) is 4.39 Å². The normalized spacial score (nSPS) is 26.7. The van der Waals surface area contributed by atoms with E-state index in [0.717, 1.165) is 0 Å². The minimum absolute atomic E-state index is 0.265. The predicted octanol–water partition coefficient (Wildman–Crippen LogP) is 1.20. The molecule has 1 fully saturated rings. The molecule has 14 heavy (non-hydrogen) atoms. The lowest BCUT2D eigenvalue weighted by Crippen LogP contribution is -2.20. The molecule has 1 aliphatic rings. The summed E-state index contributed by atoms with van der Waals surface area (Å²) in [6.45, 7) is 0.660. The summed E-state index contributed by atoms with van der Waals surface area (Å²) in [6, 6.07) is 6.53. The molecule has 0 radical (unpaired) electrons. The molecule has 2 atom stereocenters. The monoisotopic (exact) mass is 197 g/mol. The lowest BCUT2D eigenvalue weighted by molar-refractivity contribution is -0.0501. The number of ether oxygens (including phenoxy) is 2. The number of halogens is 1. The maximum absolute atomic E-state index is 13.3. The van der Waals surface area contributed by atoms with Crippen LogP contribution in [0.5, 0.6) is 0 Å². The molecular formula is C10H12FNO2. The third kappa shape index (κ3) is 1.77. The Morgan fingerprint density at radius 3 is 2.86 bits per heavy atom. The third-order valence-corrected chi connectivity index (χ3v) is 2.19. The van der Waals surface area contributed by atoms with Crippen LogP contribution in [0.15, 0.2) is 24.3 Å². The van der Waals surface area contributed by atoms with Crippen LogP contribution >= 0.6 is 0 Å². The summed E-state index contributed by atoms with van der Waals surface area (Å²) >= 11 is 0. The summed E-state index contributed by atoms with van der Waals surface area (Å²) in [5.74, 6) is -0.265. The van der Waals surface area contributed by atoms with E-state index in [1.165, 1.54) is 6.07 Å². The van der Waals surface area contributed by atoms with E-state index in [-0.39, 0.29) is 11.9 Å². The number of rotatable bonds is 2. The van der Waals surface area contributed by atoms with E-state index < -0.39 is 6.29 Å². The van der Waals surface area contributed by atoms with Crippen LogP contribution in [0.2, 0.25) is 0 Å². The molecule has 0 amide bonds. The summed E-state index contributed by atoms with van der Waals surface area (Å²) < 4.78 is 23.9. The zero-order valence-electron chi connectivity index (χ0n) is 7.65. The minimum Gasteiger partial charge on any atom is -0.348 e. The molecule has 2 N–H and O–H groups in total. The van der Waals surface area contributed by atoms with Crippen molar-refractivity contribution in [3.05, 3.63) is 35.6 Å². The van der Waals surface area contributed by atoms with Gasteiger partial charge in [0, 0.05) is 12.1 Å². The van der Waals surface area contributed by atoms with Crippen LogP contribution in [0, 0.1) is 5.82 Å². The van der Waals surface area contributed by atoms with Crippen molar-refractivity contribution in [2.45, 2.75) is 12.4 Å². The average molecular weight is 197 g/mol. The Balaban J connectivity index is 2.13. The highest BCUT2D eigenvalue weighted by molar-refractivity contribution is 5.20. The maximum atomic E-state index is 13.3. The first kappa shape index (κ1) is 9.58. The number of hydrogen-bond acceptors (Lipinski definition) is 3. The second kappa shape index (κ2) is 4.04. The summed E-state index contributed by atoms with van der Waals surface area (Å²) in [4.78, 5) is 0. The van der Waals surface area contributed by atoms with E-state index >= 15 is 0 Å². The van der Waals surface area contributed by atoms with Crippen molar-refractivity contribution in [2.24, 2.45) is 5.73 Å². The molecule has 2 unspecified atom stereocenters. The highest BCUT2D eigenvalue weighted by atomic mass is 19.1. The fourth-order valence-corrected chi connectivity index (χ4v) is 1.48. The lowest BCUT2D eigenvalue weighted by Gasteiger charge is -2.10. The van der Waals surface area contributed by atoms with E-state index in [4.69, 9.17) is 15.2 Å². The van der Waals surface area contributed by atoms with Crippen molar-refractivity contribution < 1.29 is 13.9 Å². The molecule has 0 aliphatic carbocycles. The van der Waals surface area contributed by atoms with Gasteiger partial charge in [0.1, 0.15) is 11.9 Å². The minimum atomic E-state index is -0.403. The first-order valence-electron chi connectivity index (χ1n) is 4.53. The standard InChI is InChI=1S/C10H12FNO2/c11-8-4-2-1-3-7(8)9-6-13-10(5-12)14-9/h1-4,9-10H,5-6,12H2. The van der Waals surface area contributed by atoms with Gasteiger partial charge in [0.15, 0.2) is 6.29 Å². The first-order valence-corrected chi connectivity index (χ1v) is 4.53. The topological polar surface area (TPSA) is 44.5 Å². The van der Waals surface area contributed by atoms with Crippen molar-refractivity contribution in [1.29, 1.82) is 0 Å². The third-order valence-electron chi connectivity index (χ3n) is 2.19. The van der Waals surface area contributed by atoms with Crippen LogP contribution in [-0.4, -0.2) is 19.4 Å². The smallest absolute Gasteiger partial charge is 0.170 e. The van der Waals surface area contributed by atoms with Crippen LogP contribution in [0.1, 0.15) is 11.7 Å². The van der Waals surface area contributed by atoms with E-state index in [1.807, 2.05) is 0 Å². The Hall–Kier alpha value is -0.970. The van der Waals surface area contributed by atoms with Crippen LogP contribution < -0.4 is 5.73 Å². The SMILES string of the molecule is NCC1OCC(c2ccccc2F)O1. The van der Waals surface area contributed by atoms with Gasteiger partial charge in [0.2, 0.25) is 0 Å². The second-order valence-corrected chi connectivity index (χ2v) is 3.14. The maximum Gasteiger partial charge on any atom is 0.170 e.